The van der Waals surface area contributed by atoms with Crippen LogP contribution in [-0.4, -0.2) is 71.2 Å². The van der Waals surface area contributed by atoms with Crippen molar-refractivity contribution in [2.45, 2.75) is 58.0 Å². The molecule has 8 nitrogen and oxygen atoms in total. The van der Waals surface area contributed by atoms with Gasteiger partial charge in [0.1, 0.15) is 4.90 Å². The van der Waals surface area contributed by atoms with Crippen molar-refractivity contribution in [2.75, 3.05) is 26.7 Å². The number of hydrogen-bond donors (Lipinski definition) is 1. The van der Waals surface area contributed by atoms with Gasteiger partial charge in [0.25, 0.3) is 0 Å². The van der Waals surface area contributed by atoms with Crippen molar-refractivity contribution in [2.24, 2.45) is 5.92 Å². The molecule has 1 fully saturated rings. The number of aromatic nitrogens is 2. The van der Waals surface area contributed by atoms with Gasteiger partial charge in [-0.1, -0.05) is 13.8 Å². The van der Waals surface area contributed by atoms with Crippen LogP contribution in [0.4, 0.5) is 0 Å². The second-order valence-corrected chi connectivity index (χ2v) is 9.39. The number of aryl methyl sites for hydroxylation is 1. The van der Waals surface area contributed by atoms with Crippen LogP contribution in [0.1, 0.15) is 38.1 Å². The largest absolute Gasteiger partial charge is 0.480 e. The van der Waals surface area contributed by atoms with Crippen LogP contribution in [0.25, 0.3) is 0 Å². The van der Waals surface area contributed by atoms with Crippen molar-refractivity contribution >= 4 is 16.0 Å². The molecule has 1 aliphatic rings. The first-order valence-corrected chi connectivity index (χ1v) is 10.4. The molecule has 0 unspecified atom stereocenters. The molecular formula is C17H30N4O4S. The van der Waals surface area contributed by atoms with Crippen molar-refractivity contribution in [3.8, 4) is 0 Å². The van der Waals surface area contributed by atoms with E-state index in [9.17, 15) is 13.2 Å². The lowest BCUT2D eigenvalue weighted by Gasteiger charge is -2.35. The Morgan fingerprint density at radius 2 is 1.88 bits per heavy atom. The minimum Gasteiger partial charge on any atom is -0.480 e. The molecule has 0 bridgehead atoms. The molecule has 0 aromatic carbocycles. The molecule has 0 radical (unpaired) electrons. The summed E-state index contributed by atoms with van der Waals surface area (Å²) in [7, 11) is -1.82. The smallest absolute Gasteiger partial charge is 0.317 e. The number of aliphatic carboxylic acids is 1. The fraction of sp³-hybridized carbons (Fsp3) is 0.765. The van der Waals surface area contributed by atoms with Crippen molar-refractivity contribution in [1.29, 1.82) is 0 Å². The van der Waals surface area contributed by atoms with E-state index in [2.05, 4.69) is 18.9 Å². The molecule has 1 aromatic rings. The first-order valence-electron chi connectivity index (χ1n) is 9.00. The van der Waals surface area contributed by atoms with E-state index in [1.54, 1.807) is 23.6 Å². The number of likely N-dealkylation sites (N-methyl/N-ethyl adjacent to an activating group) is 1. The summed E-state index contributed by atoms with van der Waals surface area (Å²) < 4.78 is 29.6. The fourth-order valence-corrected chi connectivity index (χ4v) is 5.41. The molecule has 1 saturated heterocycles. The SMILES string of the molecule is Cc1nn(CC(C)C)c(C)c1S(=O)(=O)N1CCC(N(C)CC(=O)O)CC1. The van der Waals surface area contributed by atoms with E-state index >= 15 is 0 Å². The summed E-state index contributed by atoms with van der Waals surface area (Å²) in [5, 5.41) is 13.3. The van der Waals surface area contributed by atoms with E-state index in [-0.39, 0.29) is 12.6 Å². The molecule has 2 rings (SSSR count). The third-order valence-corrected chi connectivity index (χ3v) is 7.03. The minimum absolute atomic E-state index is 0.0302. The van der Waals surface area contributed by atoms with Crippen molar-refractivity contribution < 1.29 is 18.3 Å². The number of carbonyl (C=O) groups is 1. The lowest BCUT2D eigenvalue weighted by Crippen LogP contribution is -2.46. The summed E-state index contributed by atoms with van der Waals surface area (Å²) in [5.74, 6) is -0.490. The van der Waals surface area contributed by atoms with Crippen LogP contribution in [0.3, 0.4) is 0 Å². The van der Waals surface area contributed by atoms with Crippen molar-refractivity contribution in [3.05, 3.63) is 11.4 Å². The first-order chi connectivity index (χ1) is 12.0. The van der Waals surface area contributed by atoms with Crippen LogP contribution in [0, 0.1) is 19.8 Å². The molecule has 0 saturated carbocycles. The zero-order chi connectivity index (χ0) is 19.6. The topological polar surface area (TPSA) is 95.7 Å². The van der Waals surface area contributed by atoms with Crippen LogP contribution in [0.5, 0.6) is 0 Å². The molecule has 1 aliphatic heterocycles. The summed E-state index contributed by atoms with van der Waals surface area (Å²) in [6, 6.07) is 0.0865. The third-order valence-electron chi connectivity index (χ3n) is 4.88. The molecule has 0 atom stereocenters. The number of piperidine rings is 1. The Hall–Kier alpha value is -1.45. The normalized spacial score (nSPS) is 17.3. The van der Waals surface area contributed by atoms with E-state index in [0.717, 1.165) is 0 Å². The minimum atomic E-state index is -3.60. The summed E-state index contributed by atoms with van der Waals surface area (Å²) in [6.07, 6.45) is 1.25. The highest BCUT2D eigenvalue weighted by molar-refractivity contribution is 7.89. The van der Waals surface area contributed by atoms with Gasteiger partial charge >= 0.3 is 5.97 Å². The van der Waals surface area contributed by atoms with E-state index in [1.165, 1.54) is 4.31 Å². The van der Waals surface area contributed by atoms with Gasteiger partial charge in [0.2, 0.25) is 10.0 Å². The molecule has 26 heavy (non-hydrogen) atoms. The number of nitrogens with zero attached hydrogens (tertiary/aromatic N) is 4. The van der Waals surface area contributed by atoms with Crippen LogP contribution in [0.2, 0.25) is 0 Å². The monoisotopic (exact) mass is 386 g/mol. The number of rotatable bonds is 7. The van der Waals surface area contributed by atoms with Gasteiger partial charge in [0.05, 0.1) is 17.9 Å². The van der Waals surface area contributed by atoms with E-state index in [0.29, 0.717) is 54.7 Å². The summed E-state index contributed by atoms with van der Waals surface area (Å²) in [5.41, 5.74) is 1.22. The van der Waals surface area contributed by atoms with E-state index in [1.807, 2.05) is 6.92 Å². The zero-order valence-electron chi connectivity index (χ0n) is 16.3. The Morgan fingerprint density at radius 3 is 2.38 bits per heavy atom. The average molecular weight is 387 g/mol. The predicted molar refractivity (Wildman–Crippen MR) is 98.6 cm³/mol. The van der Waals surface area contributed by atoms with Gasteiger partial charge in [-0.05, 0) is 39.7 Å². The lowest BCUT2D eigenvalue weighted by atomic mass is 10.1. The number of sulfonamides is 1. The van der Waals surface area contributed by atoms with Gasteiger partial charge in [-0.15, -0.1) is 0 Å². The molecule has 2 heterocycles. The molecule has 0 spiro atoms. The predicted octanol–water partition coefficient (Wildman–Crippen LogP) is 1.33. The van der Waals surface area contributed by atoms with Crippen LogP contribution < -0.4 is 0 Å². The van der Waals surface area contributed by atoms with Gasteiger partial charge < -0.3 is 5.11 Å². The molecule has 148 valence electrons. The number of carboxylic acids is 1. The molecule has 9 heteroatoms. The highest BCUT2D eigenvalue weighted by Gasteiger charge is 2.34. The van der Waals surface area contributed by atoms with Crippen LogP contribution in [-0.2, 0) is 21.4 Å². The quantitative estimate of drug-likeness (QED) is 0.759. The van der Waals surface area contributed by atoms with Gasteiger partial charge in [-0.25, -0.2) is 8.42 Å². The van der Waals surface area contributed by atoms with Crippen molar-refractivity contribution in [1.82, 2.24) is 19.0 Å². The fourth-order valence-electron chi connectivity index (χ4n) is 3.57. The zero-order valence-corrected chi connectivity index (χ0v) is 17.1. The number of carboxylic acid groups (broad SMARTS) is 1. The Labute approximate surface area is 155 Å². The summed E-state index contributed by atoms with van der Waals surface area (Å²) >= 11 is 0. The maximum Gasteiger partial charge on any atom is 0.317 e. The van der Waals surface area contributed by atoms with Gasteiger partial charge in [0, 0.05) is 25.7 Å². The van der Waals surface area contributed by atoms with Crippen LogP contribution in [0.15, 0.2) is 4.90 Å². The highest BCUT2D eigenvalue weighted by atomic mass is 32.2. The number of hydrogen-bond acceptors (Lipinski definition) is 5. The second-order valence-electron chi connectivity index (χ2n) is 7.52. The lowest BCUT2D eigenvalue weighted by molar-refractivity contribution is -0.138. The Bertz CT molecular complexity index is 749. The van der Waals surface area contributed by atoms with Gasteiger partial charge in [-0.2, -0.15) is 9.40 Å². The van der Waals surface area contributed by atoms with Gasteiger partial charge in [-0.3, -0.25) is 14.4 Å². The molecule has 1 N–H and O–H groups in total. The second kappa shape index (κ2) is 8.06. The molecule has 1 aromatic heterocycles. The average Bonchev–Trinajstić information content (AvgIpc) is 2.80. The molecule has 0 aliphatic carbocycles. The first kappa shape index (κ1) is 20.9. The molecule has 0 amide bonds. The third kappa shape index (κ3) is 4.44. The Kier molecular flexibility index (Phi) is 6.46. The maximum atomic E-state index is 13.1. The van der Waals surface area contributed by atoms with Crippen molar-refractivity contribution in [3.63, 3.8) is 0 Å². The van der Waals surface area contributed by atoms with Crippen LogP contribution >= 0.6 is 0 Å². The maximum absolute atomic E-state index is 13.1. The highest BCUT2D eigenvalue weighted by Crippen LogP contribution is 2.27. The molecular weight excluding hydrogens is 356 g/mol. The van der Waals surface area contributed by atoms with E-state index < -0.39 is 16.0 Å². The Balaban J connectivity index is 2.15. The summed E-state index contributed by atoms with van der Waals surface area (Å²) in [6.45, 7) is 9.14. The van der Waals surface area contributed by atoms with Gasteiger partial charge in [0.15, 0.2) is 0 Å². The Morgan fingerprint density at radius 1 is 1.31 bits per heavy atom. The summed E-state index contributed by atoms with van der Waals surface area (Å²) in [4.78, 5) is 13.0. The van der Waals surface area contributed by atoms with E-state index in [4.69, 9.17) is 5.11 Å². The standard InChI is InChI=1S/C17H30N4O4S/c1-12(2)10-21-14(4)17(13(3)18-21)26(24,25)20-8-6-15(7-9-20)19(5)11-16(22)23/h12,15H,6-11H2,1-5H3,(H,22,23).